The summed E-state index contributed by atoms with van der Waals surface area (Å²) in [6.07, 6.45) is 0.403. The van der Waals surface area contributed by atoms with E-state index in [1.54, 1.807) is 41.9 Å². The van der Waals surface area contributed by atoms with Gasteiger partial charge in [-0.15, -0.1) is 0 Å². The summed E-state index contributed by atoms with van der Waals surface area (Å²) in [5, 5.41) is 11.5. The van der Waals surface area contributed by atoms with Crippen LogP contribution in [0.5, 0.6) is 11.5 Å². The molecule has 0 saturated heterocycles. The van der Waals surface area contributed by atoms with Gasteiger partial charge in [-0.3, -0.25) is 14.8 Å². The lowest BCUT2D eigenvalue weighted by Gasteiger charge is -2.19. The van der Waals surface area contributed by atoms with Gasteiger partial charge in [-0.05, 0) is 36.6 Å². The summed E-state index contributed by atoms with van der Waals surface area (Å²) >= 11 is 0. The van der Waals surface area contributed by atoms with E-state index < -0.39 is 17.9 Å². The number of nitrogens with one attached hydrogen (secondary N) is 2. The minimum absolute atomic E-state index is 0.165. The van der Waals surface area contributed by atoms with E-state index in [0.29, 0.717) is 23.5 Å². The molecule has 0 aliphatic carbocycles. The first-order chi connectivity index (χ1) is 12.0. The summed E-state index contributed by atoms with van der Waals surface area (Å²) < 4.78 is 5.77. The molecule has 0 radical (unpaired) electrons. The van der Waals surface area contributed by atoms with Gasteiger partial charge in [0.1, 0.15) is 17.5 Å². The van der Waals surface area contributed by atoms with E-state index in [1.165, 1.54) is 0 Å². The molecule has 0 aliphatic heterocycles. The van der Waals surface area contributed by atoms with E-state index in [-0.39, 0.29) is 5.92 Å². The number of hydrogen-bond donors (Lipinski definition) is 3. The van der Waals surface area contributed by atoms with Crippen molar-refractivity contribution in [3.8, 4) is 11.5 Å². The molecule has 2 rings (SSSR count). The molecule has 3 N–H and O–H groups in total. The second kappa shape index (κ2) is 8.84. The SMILES string of the molecule is CC(C)CC(NC(=O)c1ccccc1Oc1ccccc1)C(=O)NO. The van der Waals surface area contributed by atoms with Crippen LogP contribution in [0.2, 0.25) is 0 Å². The highest BCUT2D eigenvalue weighted by Gasteiger charge is 2.23. The Labute approximate surface area is 146 Å². The number of carbonyl (C=O) groups excluding carboxylic acids is 2. The van der Waals surface area contributed by atoms with E-state index in [2.05, 4.69) is 5.32 Å². The Hall–Kier alpha value is -2.86. The molecular formula is C19H22N2O4. The Kier molecular flexibility index (Phi) is 6.54. The summed E-state index contributed by atoms with van der Waals surface area (Å²) in [7, 11) is 0. The summed E-state index contributed by atoms with van der Waals surface area (Å²) in [4.78, 5) is 24.4. The zero-order valence-electron chi connectivity index (χ0n) is 14.2. The maximum atomic E-state index is 12.6. The molecule has 2 aromatic carbocycles. The number of para-hydroxylation sites is 2. The molecule has 0 saturated carbocycles. The summed E-state index contributed by atoms with van der Waals surface area (Å²) in [6.45, 7) is 3.85. The van der Waals surface area contributed by atoms with Crippen molar-refractivity contribution >= 4 is 11.8 Å². The summed E-state index contributed by atoms with van der Waals surface area (Å²) in [5.74, 6) is 0.0659. The van der Waals surface area contributed by atoms with Crippen LogP contribution in [0.25, 0.3) is 0 Å². The van der Waals surface area contributed by atoms with Crippen molar-refractivity contribution in [2.45, 2.75) is 26.3 Å². The zero-order chi connectivity index (χ0) is 18.2. The molecule has 2 aromatic rings. The third-order valence-electron chi connectivity index (χ3n) is 3.54. The number of hydroxylamine groups is 1. The second-order valence-electron chi connectivity index (χ2n) is 6.04. The lowest BCUT2D eigenvalue weighted by Crippen LogP contribution is -2.46. The quantitative estimate of drug-likeness (QED) is 0.533. The summed E-state index contributed by atoms with van der Waals surface area (Å²) in [6, 6.07) is 15.1. The Morgan fingerprint density at radius 2 is 1.68 bits per heavy atom. The molecule has 0 aliphatic rings. The molecule has 0 aromatic heterocycles. The fraction of sp³-hybridized carbons (Fsp3) is 0.263. The molecule has 0 heterocycles. The third-order valence-corrected chi connectivity index (χ3v) is 3.54. The van der Waals surface area contributed by atoms with E-state index in [9.17, 15) is 9.59 Å². The molecule has 1 atom stereocenters. The second-order valence-corrected chi connectivity index (χ2v) is 6.04. The first-order valence-electron chi connectivity index (χ1n) is 8.08. The van der Waals surface area contributed by atoms with Crippen LogP contribution >= 0.6 is 0 Å². The van der Waals surface area contributed by atoms with Crippen molar-refractivity contribution in [3.63, 3.8) is 0 Å². The topological polar surface area (TPSA) is 87.7 Å². The monoisotopic (exact) mass is 342 g/mol. The Balaban J connectivity index is 2.19. The smallest absolute Gasteiger partial charge is 0.265 e. The van der Waals surface area contributed by atoms with Crippen molar-refractivity contribution in [2.24, 2.45) is 5.92 Å². The Bertz CT molecular complexity index is 716. The molecule has 0 bridgehead atoms. The lowest BCUT2D eigenvalue weighted by atomic mass is 10.0. The number of rotatable bonds is 7. The summed E-state index contributed by atoms with van der Waals surface area (Å²) in [5.41, 5.74) is 1.91. The van der Waals surface area contributed by atoms with E-state index in [0.717, 1.165) is 0 Å². The predicted molar refractivity (Wildman–Crippen MR) is 93.6 cm³/mol. The molecular weight excluding hydrogens is 320 g/mol. The minimum Gasteiger partial charge on any atom is -0.457 e. The average Bonchev–Trinajstić information content (AvgIpc) is 2.61. The number of ether oxygens (including phenoxy) is 1. The average molecular weight is 342 g/mol. The molecule has 25 heavy (non-hydrogen) atoms. The highest BCUT2D eigenvalue weighted by Crippen LogP contribution is 2.25. The molecule has 132 valence electrons. The first kappa shape index (κ1) is 18.5. The predicted octanol–water partition coefficient (Wildman–Crippen LogP) is 3.13. The number of benzene rings is 2. The third kappa shape index (κ3) is 5.32. The highest BCUT2D eigenvalue weighted by molar-refractivity contribution is 5.99. The molecule has 6 heteroatoms. The van der Waals surface area contributed by atoms with Crippen molar-refractivity contribution in [2.75, 3.05) is 0 Å². The molecule has 0 spiro atoms. The van der Waals surface area contributed by atoms with Crippen LogP contribution in [0, 0.1) is 5.92 Å². The van der Waals surface area contributed by atoms with Gasteiger partial charge in [-0.25, -0.2) is 5.48 Å². The number of amides is 2. The van der Waals surface area contributed by atoms with Gasteiger partial charge < -0.3 is 10.1 Å². The van der Waals surface area contributed by atoms with Crippen LogP contribution in [-0.4, -0.2) is 23.1 Å². The van der Waals surface area contributed by atoms with Crippen molar-refractivity contribution in [1.82, 2.24) is 10.8 Å². The largest absolute Gasteiger partial charge is 0.457 e. The van der Waals surface area contributed by atoms with Gasteiger partial charge in [0.2, 0.25) is 0 Å². The van der Waals surface area contributed by atoms with Crippen LogP contribution < -0.4 is 15.5 Å². The molecule has 0 fully saturated rings. The maximum absolute atomic E-state index is 12.6. The fourth-order valence-corrected chi connectivity index (χ4v) is 2.38. The maximum Gasteiger partial charge on any atom is 0.265 e. The van der Waals surface area contributed by atoms with E-state index >= 15 is 0 Å². The van der Waals surface area contributed by atoms with Crippen molar-refractivity contribution in [3.05, 3.63) is 60.2 Å². The first-order valence-corrected chi connectivity index (χ1v) is 8.08. The van der Waals surface area contributed by atoms with Gasteiger partial charge in [-0.1, -0.05) is 44.2 Å². The van der Waals surface area contributed by atoms with Crippen LogP contribution in [-0.2, 0) is 4.79 Å². The normalized spacial score (nSPS) is 11.7. The highest BCUT2D eigenvalue weighted by atomic mass is 16.5. The van der Waals surface area contributed by atoms with Gasteiger partial charge in [-0.2, -0.15) is 0 Å². The van der Waals surface area contributed by atoms with Crippen LogP contribution in [0.15, 0.2) is 54.6 Å². The molecule has 1 unspecified atom stereocenters. The standard InChI is InChI=1S/C19H22N2O4/c1-13(2)12-16(19(23)21-24)20-18(22)15-10-6-7-11-17(15)25-14-8-4-3-5-9-14/h3-11,13,16,24H,12H2,1-2H3,(H,20,22)(H,21,23). The molecule has 6 nitrogen and oxygen atoms in total. The van der Waals surface area contributed by atoms with Crippen molar-refractivity contribution < 1.29 is 19.5 Å². The van der Waals surface area contributed by atoms with Gasteiger partial charge in [0.25, 0.3) is 11.8 Å². The number of hydrogen-bond acceptors (Lipinski definition) is 4. The van der Waals surface area contributed by atoms with Gasteiger partial charge in [0.05, 0.1) is 5.56 Å². The van der Waals surface area contributed by atoms with Gasteiger partial charge in [0.15, 0.2) is 0 Å². The lowest BCUT2D eigenvalue weighted by molar-refractivity contribution is -0.131. The minimum atomic E-state index is -0.831. The van der Waals surface area contributed by atoms with Gasteiger partial charge in [0, 0.05) is 0 Å². The van der Waals surface area contributed by atoms with Crippen LogP contribution in [0.3, 0.4) is 0 Å². The number of carbonyl (C=O) groups is 2. The molecule has 2 amide bonds. The van der Waals surface area contributed by atoms with Crippen LogP contribution in [0.1, 0.15) is 30.6 Å². The fourth-order valence-electron chi connectivity index (χ4n) is 2.38. The zero-order valence-corrected chi connectivity index (χ0v) is 14.2. The Morgan fingerprint density at radius 1 is 1.04 bits per heavy atom. The van der Waals surface area contributed by atoms with Crippen LogP contribution in [0.4, 0.5) is 0 Å². The van der Waals surface area contributed by atoms with Crippen molar-refractivity contribution in [1.29, 1.82) is 0 Å². The van der Waals surface area contributed by atoms with E-state index in [4.69, 9.17) is 9.94 Å². The Morgan fingerprint density at radius 3 is 2.32 bits per heavy atom. The van der Waals surface area contributed by atoms with Gasteiger partial charge >= 0.3 is 0 Å². The van der Waals surface area contributed by atoms with E-state index in [1.807, 2.05) is 32.0 Å².